The molecule has 2 atom stereocenters. The number of aldehydes is 1. The Bertz CT molecular complexity index is 1280. The Balaban J connectivity index is 0.000000341. The number of fused-ring (bicyclic) bond motifs is 2. The molecule has 3 aliphatic rings. The van der Waals surface area contributed by atoms with Crippen LogP contribution < -0.4 is 0 Å². The van der Waals surface area contributed by atoms with Crippen LogP contribution in [-0.2, 0) is 31.8 Å². The van der Waals surface area contributed by atoms with Crippen LogP contribution in [0.15, 0.2) is 10.1 Å². The number of aryl methyl sites for hydroxylation is 2. The zero-order valence-corrected chi connectivity index (χ0v) is 35.4. The lowest BCUT2D eigenvalue weighted by Crippen LogP contribution is -2.50. The van der Waals surface area contributed by atoms with Crippen LogP contribution in [0.2, 0.25) is 5.82 Å². The lowest BCUT2D eigenvalue weighted by molar-refractivity contribution is -0.142. The average molecular weight is 925 g/mol. The zero-order chi connectivity index (χ0) is 36.7. The number of carbonyl (C=O) groups is 1. The molecule has 5 rings (SSSR count). The molecule has 0 radical (unpaired) electrons. The van der Waals surface area contributed by atoms with Crippen molar-refractivity contribution >= 4 is 93.4 Å². The molecule has 3 aliphatic carbocycles. The highest BCUT2D eigenvalue weighted by Gasteiger charge is 2.53. The summed E-state index contributed by atoms with van der Waals surface area (Å²) in [5.74, 6) is 2.87. The van der Waals surface area contributed by atoms with E-state index in [9.17, 15) is 31.1 Å². The van der Waals surface area contributed by atoms with E-state index in [1.807, 2.05) is 40.2 Å². The van der Waals surface area contributed by atoms with Gasteiger partial charge in [0.2, 0.25) is 0 Å². The van der Waals surface area contributed by atoms with Gasteiger partial charge >= 0.3 is 16.7 Å². The van der Waals surface area contributed by atoms with Gasteiger partial charge in [-0.05, 0) is 42.0 Å². The minimum atomic E-state index is -4.59. The average Bonchev–Trinajstić information content (AvgIpc) is 3.44. The molecule has 2 heterocycles. The predicted molar refractivity (Wildman–Crippen MR) is 198 cm³/mol. The maximum absolute atomic E-state index is 12.7. The molecule has 3 saturated carbocycles. The normalized spacial score (nSPS) is 19.9. The highest BCUT2D eigenvalue weighted by Crippen LogP contribution is 2.63. The van der Waals surface area contributed by atoms with Crippen LogP contribution in [0.5, 0.6) is 0 Å². The molecule has 2 bridgehead atoms. The number of rotatable bonds is 7. The molecule has 0 aliphatic heterocycles. The summed E-state index contributed by atoms with van der Waals surface area (Å²) in [6, 6.07) is 0. The van der Waals surface area contributed by atoms with Crippen LogP contribution in [0.25, 0.3) is 0 Å². The first-order valence-electron chi connectivity index (χ1n) is 14.8. The van der Waals surface area contributed by atoms with E-state index in [0.717, 1.165) is 22.3 Å². The fraction of sp³-hybridized carbons (Fsp3) is 0.759. The minimum Gasteiger partial charge on any atom is -0.298 e. The van der Waals surface area contributed by atoms with Crippen LogP contribution in [0.4, 0.5) is 26.3 Å². The van der Waals surface area contributed by atoms with E-state index in [1.54, 1.807) is 11.8 Å². The molecule has 3 fully saturated rings. The van der Waals surface area contributed by atoms with Gasteiger partial charge in [-0.15, -0.1) is 55.0 Å². The van der Waals surface area contributed by atoms with Gasteiger partial charge in [-0.1, -0.05) is 70.3 Å². The highest BCUT2D eigenvalue weighted by molar-refractivity contribution is 9.49. The summed E-state index contributed by atoms with van der Waals surface area (Å²) in [5.41, 5.74) is -1.42. The van der Waals surface area contributed by atoms with Gasteiger partial charge in [-0.25, -0.2) is 0 Å². The predicted octanol–water partition coefficient (Wildman–Crippen LogP) is 11.7. The fourth-order valence-electron chi connectivity index (χ4n) is 5.43. The number of nitrogens with zero attached hydrogens (tertiary/aromatic N) is 4. The molecular weight excluding hydrogens is 881 g/mol. The van der Waals surface area contributed by atoms with Crippen molar-refractivity contribution in [3.05, 3.63) is 22.5 Å². The van der Waals surface area contributed by atoms with Crippen molar-refractivity contribution in [1.82, 2.24) is 19.6 Å². The van der Waals surface area contributed by atoms with E-state index in [-0.39, 0.29) is 38.3 Å². The Morgan fingerprint density at radius 2 is 1.28 bits per heavy atom. The molecule has 0 saturated heterocycles. The van der Waals surface area contributed by atoms with Gasteiger partial charge in [0.15, 0.2) is 17.7 Å². The zero-order valence-electron chi connectivity index (χ0n) is 28.2. The monoisotopic (exact) mass is 922 g/mol. The SMILES string of the molecule is CC(C)Sc1c(C=O)c(C(F)(F)F)nn1C.CC(C)Sc1c(CBr)c(C(F)(F)F)nn1C.CC1(C)C2CC(B(Br)Br)CC1C2.CSC. The van der Waals surface area contributed by atoms with Gasteiger partial charge in [-0.3, -0.25) is 14.2 Å². The third-order valence-corrected chi connectivity index (χ3v) is 12.2. The number of carbonyl (C=O) groups excluding carboxylic acids is 1. The molecular formula is C29H44BBr3F6N4OS3. The van der Waals surface area contributed by atoms with E-state index < -0.39 is 23.7 Å². The minimum absolute atomic E-state index is 0.0789. The van der Waals surface area contributed by atoms with E-state index in [2.05, 4.69) is 71.5 Å². The van der Waals surface area contributed by atoms with E-state index in [4.69, 9.17) is 0 Å². The first kappa shape index (κ1) is 45.2. The quantitative estimate of drug-likeness (QED) is 0.0907. The third-order valence-electron chi connectivity index (χ3n) is 7.80. The summed E-state index contributed by atoms with van der Waals surface area (Å²) in [7, 11) is 2.93. The molecule has 18 heteroatoms. The van der Waals surface area contributed by atoms with Crippen LogP contribution in [0.1, 0.15) is 88.1 Å². The van der Waals surface area contributed by atoms with E-state index in [1.165, 1.54) is 61.6 Å². The van der Waals surface area contributed by atoms with Crippen molar-refractivity contribution in [1.29, 1.82) is 0 Å². The van der Waals surface area contributed by atoms with Crippen LogP contribution in [0.3, 0.4) is 0 Å². The number of hydrogen-bond donors (Lipinski definition) is 0. The Morgan fingerprint density at radius 1 is 0.872 bits per heavy atom. The molecule has 5 nitrogen and oxygen atoms in total. The lowest BCUT2D eigenvalue weighted by atomic mass is 9.44. The van der Waals surface area contributed by atoms with Gasteiger partial charge in [0.25, 0.3) is 0 Å². The second kappa shape index (κ2) is 19.2. The van der Waals surface area contributed by atoms with Gasteiger partial charge < -0.3 is 0 Å². The van der Waals surface area contributed by atoms with Crippen molar-refractivity contribution in [2.24, 2.45) is 31.3 Å². The van der Waals surface area contributed by atoms with Crippen molar-refractivity contribution < 1.29 is 31.1 Å². The van der Waals surface area contributed by atoms with Crippen molar-refractivity contribution in [3.63, 3.8) is 0 Å². The van der Waals surface area contributed by atoms with Crippen molar-refractivity contribution in [2.75, 3.05) is 12.5 Å². The van der Waals surface area contributed by atoms with Gasteiger partial charge in [-0.2, -0.15) is 48.3 Å². The maximum atomic E-state index is 12.7. The summed E-state index contributed by atoms with van der Waals surface area (Å²) in [6.45, 7) is 12.4. The molecule has 2 unspecified atom stereocenters. The first-order chi connectivity index (χ1) is 21.5. The number of hydrogen-bond acceptors (Lipinski definition) is 6. The Labute approximate surface area is 313 Å². The van der Waals surface area contributed by atoms with Crippen LogP contribution in [0, 0.1) is 17.3 Å². The molecule has 0 spiro atoms. The molecule has 0 amide bonds. The van der Waals surface area contributed by atoms with Crippen LogP contribution in [-0.4, -0.2) is 53.2 Å². The number of thioether (sulfide) groups is 3. The van der Waals surface area contributed by atoms with E-state index in [0.29, 0.717) is 14.8 Å². The number of halogens is 9. The highest BCUT2D eigenvalue weighted by atomic mass is 79.9. The van der Waals surface area contributed by atoms with Gasteiger partial charge in [0.05, 0.1) is 10.6 Å². The Morgan fingerprint density at radius 3 is 1.62 bits per heavy atom. The molecule has 2 aromatic heterocycles. The lowest BCUT2D eigenvalue weighted by Gasteiger charge is -2.59. The summed E-state index contributed by atoms with van der Waals surface area (Å²) in [5, 5.41) is 8.16. The Hall–Kier alpha value is 0.225. The fourth-order valence-corrected chi connectivity index (χ4v) is 8.87. The van der Waals surface area contributed by atoms with Crippen LogP contribution >= 0.6 is 82.7 Å². The van der Waals surface area contributed by atoms with Crippen molar-refractivity contribution in [3.8, 4) is 0 Å². The summed E-state index contributed by atoms with van der Waals surface area (Å²) < 4.78 is 78.5. The Kier molecular flexibility index (Phi) is 18.5. The smallest absolute Gasteiger partial charge is 0.298 e. The third kappa shape index (κ3) is 12.7. The van der Waals surface area contributed by atoms with Gasteiger partial charge in [0.1, 0.15) is 5.03 Å². The topological polar surface area (TPSA) is 52.7 Å². The molecule has 47 heavy (non-hydrogen) atoms. The second-order valence-corrected chi connectivity index (χ2v) is 20.2. The second-order valence-electron chi connectivity index (χ2n) is 12.5. The molecule has 0 N–H and O–H groups in total. The summed E-state index contributed by atoms with van der Waals surface area (Å²) in [4.78, 5) is 10.7. The van der Waals surface area contributed by atoms with Crippen molar-refractivity contribution in [2.45, 2.75) is 105 Å². The van der Waals surface area contributed by atoms with E-state index >= 15 is 0 Å². The summed E-state index contributed by atoms with van der Waals surface area (Å²) in [6.07, 6.45) is -0.355. The largest absolute Gasteiger partial charge is 0.435 e. The molecule has 2 aromatic rings. The van der Waals surface area contributed by atoms with Gasteiger partial charge in [0, 0.05) is 35.5 Å². The number of aromatic nitrogens is 4. The first-order valence-corrected chi connectivity index (χ1v) is 21.1. The molecule has 0 aromatic carbocycles. The maximum Gasteiger partial charge on any atom is 0.435 e. The standard InChI is InChI=1S/C9H15BBr2.C9H12BrF3N2S.C9H11F3N2OS.C2H6S/c1-9(2)6-3-7(9)5-8(4-6)10(11)12;1-5(2)16-8-6(4-10)7(9(11,12)13)14-15(8)3;1-5(2)16-8-6(4-15)7(9(10,11)12)13-14(8)3;1-3-2/h6-8H,3-5H2,1-2H3;5H,4H2,1-3H3;4-5H,1-3H3;1-2H3. The number of alkyl halides is 7. The molecule has 270 valence electrons. The summed E-state index contributed by atoms with van der Waals surface area (Å²) >= 11 is 14.7.